The molecule has 162 valence electrons. The third kappa shape index (κ3) is 4.97. The van der Waals surface area contributed by atoms with Gasteiger partial charge in [0, 0.05) is 18.0 Å². The van der Waals surface area contributed by atoms with Crippen molar-refractivity contribution in [2.24, 2.45) is 0 Å². The van der Waals surface area contributed by atoms with Crippen molar-refractivity contribution in [3.8, 4) is 17.2 Å². The Morgan fingerprint density at radius 3 is 2.42 bits per heavy atom. The first-order valence-corrected chi connectivity index (χ1v) is 8.89. The minimum Gasteiger partial charge on any atom is -0.494 e. The summed E-state index contributed by atoms with van der Waals surface area (Å²) in [6.07, 6.45) is -3.45. The van der Waals surface area contributed by atoms with Gasteiger partial charge >= 0.3 is 6.18 Å². The number of aromatic nitrogens is 1. The number of hydrogen-bond acceptors (Lipinski definition) is 4. The first-order valence-electron chi connectivity index (χ1n) is 8.51. The molecule has 2 aromatic carbocycles. The van der Waals surface area contributed by atoms with E-state index in [1.54, 1.807) is 0 Å². The molecule has 1 heterocycles. The van der Waals surface area contributed by atoms with Gasteiger partial charge in [-0.2, -0.15) is 13.2 Å². The van der Waals surface area contributed by atoms with Crippen LogP contribution in [0.25, 0.3) is 0 Å². The summed E-state index contributed by atoms with van der Waals surface area (Å²) in [6, 6.07) is 6.98. The Hall–Kier alpha value is -3.53. The van der Waals surface area contributed by atoms with Crippen LogP contribution in [-0.2, 0) is 6.18 Å². The number of methoxy groups -OCH3 is 1. The lowest BCUT2D eigenvalue weighted by Crippen LogP contribution is -2.16. The van der Waals surface area contributed by atoms with Gasteiger partial charge in [-0.15, -0.1) is 0 Å². The van der Waals surface area contributed by atoms with Crippen molar-refractivity contribution in [2.45, 2.75) is 6.18 Å². The molecular formula is C20H13ClF4N2O4. The Kier molecular flexibility index (Phi) is 6.21. The van der Waals surface area contributed by atoms with E-state index in [2.05, 4.69) is 10.3 Å². The van der Waals surface area contributed by atoms with Gasteiger partial charge in [0.1, 0.15) is 16.5 Å². The van der Waals surface area contributed by atoms with Crippen molar-refractivity contribution in [3.63, 3.8) is 0 Å². The lowest BCUT2D eigenvalue weighted by molar-refractivity contribution is -0.137. The minimum absolute atomic E-state index is 0.105. The highest BCUT2D eigenvalue weighted by Gasteiger charge is 2.32. The van der Waals surface area contributed by atoms with Crippen molar-refractivity contribution in [1.82, 2.24) is 4.98 Å². The van der Waals surface area contributed by atoms with Crippen molar-refractivity contribution < 1.29 is 31.8 Å². The summed E-state index contributed by atoms with van der Waals surface area (Å²) in [4.78, 5) is 26.4. The van der Waals surface area contributed by atoms with Crippen LogP contribution in [-0.4, -0.2) is 18.0 Å². The largest absolute Gasteiger partial charge is 0.494 e. The molecule has 1 amide bonds. The van der Waals surface area contributed by atoms with Gasteiger partial charge < -0.3 is 19.8 Å². The molecule has 0 saturated heterocycles. The lowest BCUT2D eigenvalue weighted by atomic mass is 10.1. The van der Waals surface area contributed by atoms with Crippen molar-refractivity contribution in [2.75, 3.05) is 12.4 Å². The van der Waals surface area contributed by atoms with Crippen LogP contribution in [0.4, 0.5) is 23.2 Å². The summed E-state index contributed by atoms with van der Waals surface area (Å²) < 4.78 is 63.9. The molecule has 3 aromatic rings. The Labute approximate surface area is 177 Å². The molecule has 0 aliphatic heterocycles. The maximum atomic E-state index is 14.2. The maximum absolute atomic E-state index is 14.2. The fourth-order valence-electron chi connectivity index (χ4n) is 2.56. The highest BCUT2D eigenvalue weighted by atomic mass is 35.5. The van der Waals surface area contributed by atoms with Gasteiger partial charge in [-0.1, -0.05) is 11.6 Å². The summed E-state index contributed by atoms with van der Waals surface area (Å²) in [5, 5.41) is 1.84. The number of ether oxygens (including phenoxy) is 2. The molecule has 6 nitrogen and oxygen atoms in total. The van der Waals surface area contributed by atoms with E-state index in [4.69, 9.17) is 21.1 Å². The number of carbonyl (C=O) groups excluding carboxylic acids is 1. The average molecular weight is 457 g/mol. The fraction of sp³-hybridized carbons (Fsp3) is 0.100. The van der Waals surface area contributed by atoms with Crippen molar-refractivity contribution in [3.05, 3.63) is 81.0 Å². The Balaban J connectivity index is 2.03. The molecule has 0 unspecified atom stereocenters. The molecule has 11 heteroatoms. The van der Waals surface area contributed by atoms with E-state index >= 15 is 0 Å². The van der Waals surface area contributed by atoms with E-state index in [0.717, 1.165) is 12.1 Å². The van der Waals surface area contributed by atoms with Gasteiger partial charge in [-0.3, -0.25) is 9.59 Å². The molecule has 0 aliphatic carbocycles. The molecular weight excluding hydrogens is 444 g/mol. The average Bonchev–Trinajstić information content (AvgIpc) is 2.71. The number of carbonyl (C=O) groups is 1. The van der Waals surface area contributed by atoms with Crippen LogP contribution in [0.5, 0.6) is 17.2 Å². The molecule has 0 fully saturated rings. The van der Waals surface area contributed by atoms with Crippen LogP contribution < -0.4 is 20.3 Å². The highest BCUT2D eigenvalue weighted by Crippen LogP contribution is 2.39. The number of anilines is 1. The summed E-state index contributed by atoms with van der Waals surface area (Å²) in [6.45, 7) is 0. The molecule has 2 N–H and O–H groups in total. The smallest absolute Gasteiger partial charge is 0.416 e. The predicted octanol–water partition coefficient (Wildman–Crippen LogP) is 5.24. The second-order valence-corrected chi connectivity index (χ2v) is 6.48. The monoisotopic (exact) mass is 456 g/mol. The number of aromatic amines is 1. The van der Waals surface area contributed by atoms with Crippen LogP contribution in [0.15, 0.2) is 53.5 Å². The topological polar surface area (TPSA) is 80.4 Å². The molecule has 31 heavy (non-hydrogen) atoms. The molecule has 1 aromatic heterocycles. The molecule has 0 saturated carbocycles. The van der Waals surface area contributed by atoms with E-state index in [0.29, 0.717) is 12.1 Å². The van der Waals surface area contributed by atoms with Crippen LogP contribution in [0.2, 0.25) is 5.02 Å². The third-order valence-corrected chi connectivity index (χ3v) is 4.39. The number of pyridine rings is 1. The Morgan fingerprint density at radius 2 is 1.77 bits per heavy atom. The van der Waals surface area contributed by atoms with Crippen molar-refractivity contribution in [1.29, 1.82) is 0 Å². The quantitative estimate of drug-likeness (QED) is 0.515. The number of hydrogen-bond donors (Lipinski definition) is 2. The number of nitrogens with one attached hydrogen (secondary N) is 2. The van der Waals surface area contributed by atoms with E-state index < -0.39 is 39.8 Å². The number of benzene rings is 2. The zero-order chi connectivity index (χ0) is 22.8. The van der Waals surface area contributed by atoms with Crippen LogP contribution >= 0.6 is 11.6 Å². The summed E-state index contributed by atoms with van der Waals surface area (Å²) >= 11 is 5.89. The first kappa shape index (κ1) is 22.2. The molecule has 0 spiro atoms. The van der Waals surface area contributed by atoms with Crippen LogP contribution in [0.1, 0.15) is 15.9 Å². The molecule has 0 aliphatic rings. The zero-order valence-corrected chi connectivity index (χ0v) is 16.4. The van der Waals surface area contributed by atoms with E-state index in [9.17, 15) is 27.2 Å². The molecule has 0 atom stereocenters. The maximum Gasteiger partial charge on any atom is 0.416 e. The predicted molar refractivity (Wildman–Crippen MR) is 104 cm³/mol. The summed E-state index contributed by atoms with van der Waals surface area (Å²) in [5.74, 6) is -2.90. The van der Waals surface area contributed by atoms with E-state index in [1.807, 2.05) is 0 Å². The van der Waals surface area contributed by atoms with Crippen LogP contribution in [0, 0.1) is 5.82 Å². The standard InChI is InChI=1S/C20H13ClF4N2O4/c1-30-14-5-4-13(17(21)18(14)22)31-15-8-10(20(23,24)25)2-3-12(15)19(29)27-11-6-7-26-16(28)9-11/h2-9H,1H3,(H2,26,27,28,29). The van der Waals surface area contributed by atoms with Crippen molar-refractivity contribution >= 4 is 23.2 Å². The first-order chi connectivity index (χ1) is 14.6. The Morgan fingerprint density at radius 1 is 1.06 bits per heavy atom. The molecule has 0 radical (unpaired) electrons. The fourth-order valence-corrected chi connectivity index (χ4v) is 2.76. The molecule has 3 rings (SSSR count). The van der Waals surface area contributed by atoms with Gasteiger partial charge in [0.2, 0.25) is 5.56 Å². The van der Waals surface area contributed by atoms with E-state index in [-0.39, 0.29) is 22.7 Å². The lowest BCUT2D eigenvalue weighted by Gasteiger charge is -2.16. The van der Waals surface area contributed by atoms with Gasteiger partial charge in [-0.05, 0) is 36.4 Å². The minimum atomic E-state index is -4.73. The zero-order valence-electron chi connectivity index (χ0n) is 15.6. The number of alkyl halides is 3. The SMILES string of the molecule is COc1ccc(Oc2cc(C(F)(F)F)ccc2C(=O)Nc2cc[nH]c(=O)c2)c(Cl)c1F. The van der Waals surface area contributed by atoms with Gasteiger partial charge in [-0.25, -0.2) is 4.39 Å². The van der Waals surface area contributed by atoms with E-state index in [1.165, 1.54) is 31.5 Å². The third-order valence-electron chi connectivity index (χ3n) is 4.04. The van der Waals surface area contributed by atoms with Gasteiger partial charge in [0.25, 0.3) is 5.91 Å². The highest BCUT2D eigenvalue weighted by molar-refractivity contribution is 6.32. The molecule has 0 bridgehead atoms. The van der Waals surface area contributed by atoms with Gasteiger partial charge in [0.15, 0.2) is 11.6 Å². The second kappa shape index (κ2) is 8.68. The number of halogens is 5. The van der Waals surface area contributed by atoms with Gasteiger partial charge in [0.05, 0.1) is 18.2 Å². The normalized spacial score (nSPS) is 11.2. The Bertz CT molecular complexity index is 1190. The number of rotatable bonds is 5. The summed E-state index contributed by atoms with van der Waals surface area (Å²) in [5.41, 5.74) is -1.80. The summed E-state index contributed by atoms with van der Waals surface area (Å²) in [7, 11) is 1.21. The second-order valence-electron chi connectivity index (χ2n) is 6.10. The number of H-pyrrole nitrogens is 1. The van der Waals surface area contributed by atoms with Crippen LogP contribution in [0.3, 0.4) is 0 Å². The number of amides is 1.